The van der Waals surface area contributed by atoms with Crippen molar-refractivity contribution in [2.45, 2.75) is 38.1 Å². The first-order valence-electron chi connectivity index (χ1n) is 9.31. The van der Waals surface area contributed by atoms with Crippen LogP contribution in [-0.2, 0) is 11.2 Å². The molecular weight excluding hydrogens is 300 g/mol. The predicted octanol–water partition coefficient (Wildman–Crippen LogP) is 1.55. The van der Waals surface area contributed by atoms with Crippen molar-refractivity contribution in [3.05, 3.63) is 30.1 Å². The third kappa shape index (κ3) is 4.77. The topological polar surface area (TPSA) is 48.5 Å². The Morgan fingerprint density at radius 3 is 2.71 bits per heavy atom. The maximum absolute atomic E-state index is 12.5. The van der Waals surface area contributed by atoms with Gasteiger partial charge in [-0.3, -0.25) is 14.7 Å². The Morgan fingerprint density at radius 2 is 1.96 bits per heavy atom. The fourth-order valence-corrected chi connectivity index (χ4v) is 3.94. The lowest BCUT2D eigenvalue weighted by atomic mass is 9.93. The number of pyridine rings is 1. The monoisotopic (exact) mass is 330 g/mol. The summed E-state index contributed by atoms with van der Waals surface area (Å²) in [7, 11) is 2.20. The second-order valence-corrected chi connectivity index (χ2v) is 7.27. The van der Waals surface area contributed by atoms with Crippen LogP contribution >= 0.6 is 0 Å². The van der Waals surface area contributed by atoms with E-state index < -0.39 is 0 Å². The van der Waals surface area contributed by atoms with E-state index in [-0.39, 0.29) is 11.8 Å². The second kappa shape index (κ2) is 8.58. The number of hydrogen-bond acceptors (Lipinski definition) is 4. The number of nitrogens with zero attached hydrogens (tertiary/aromatic N) is 3. The van der Waals surface area contributed by atoms with Crippen LogP contribution in [0.3, 0.4) is 0 Å². The van der Waals surface area contributed by atoms with E-state index in [0.717, 1.165) is 32.4 Å². The minimum absolute atomic E-state index is 0.163. The Morgan fingerprint density at radius 1 is 1.21 bits per heavy atom. The maximum Gasteiger partial charge on any atom is 0.224 e. The fraction of sp³-hybridized carbons (Fsp3) is 0.684. The molecule has 132 valence electrons. The summed E-state index contributed by atoms with van der Waals surface area (Å²) in [5.41, 5.74) is 1.22. The Bertz CT molecular complexity index is 513. The van der Waals surface area contributed by atoms with Gasteiger partial charge in [0.05, 0.1) is 5.92 Å². The standard InChI is InChI=1S/C19H30N4O/c1-22-13-7-18(8-14-22)23-12-2-3-17(15-23)19(24)21-11-6-16-4-9-20-10-5-16/h4-5,9-10,17-18H,2-3,6-8,11-15H2,1H3,(H,21,24)/t17-/m1/s1. The number of aromatic nitrogens is 1. The largest absolute Gasteiger partial charge is 0.355 e. The number of piperidine rings is 2. The van der Waals surface area contributed by atoms with Crippen molar-refractivity contribution in [3.8, 4) is 0 Å². The minimum Gasteiger partial charge on any atom is -0.355 e. The molecule has 1 atom stereocenters. The van der Waals surface area contributed by atoms with Gasteiger partial charge in [0.2, 0.25) is 5.91 Å². The summed E-state index contributed by atoms with van der Waals surface area (Å²) >= 11 is 0. The van der Waals surface area contributed by atoms with Gasteiger partial charge in [0.1, 0.15) is 0 Å². The average molecular weight is 330 g/mol. The summed E-state index contributed by atoms with van der Waals surface area (Å²) in [5.74, 6) is 0.400. The predicted molar refractivity (Wildman–Crippen MR) is 95.8 cm³/mol. The van der Waals surface area contributed by atoms with Gasteiger partial charge in [-0.2, -0.15) is 0 Å². The number of rotatable bonds is 5. The molecule has 3 rings (SSSR count). The minimum atomic E-state index is 0.163. The zero-order valence-electron chi connectivity index (χ0n) is 14.8. The highest BCUT2D eigenvalue weighted by molar-refractivity contribution is 5.79. The molecule has 0 bridgehead atoms. The molecule has 0 unspecified atom stereocenters. The van der Waals surface area contributed by atoms with E-state index in [2.05, 4.69) is 27.1 Å². The molecular formula is C19H30N4O. The van der Waals surface area contributed by atoms with Crippen molar-refractivity contribution < 1.29 is 4.79 Å². The van der Waals surface area contributed by atoms with E-state index in [1.54, 1.807) is 12.4 Å². The molecule has 0 aliphatic carbocycles. The molecule has 0 aromatic carbocycles. The highest BCUT2D eigenvalue weighted by atomic mass is 16.1. The van der Waals surface area contributed by atoms with Gasteiger partial charge in [-0.25, -0.2) is 0 Å². The number of nitrogens with one attached hydrogen (secondary N) is 1. The van der Waals surface area contributed by atoms with Gasteiger partial charge in [-0.05, 0) is 76.5 Å². The molecule has 1 aromatic rings. The maximum atomic E-state index is 12.5. The molecule has 0 radical (unpaired) electrons. The van der Waals surface area contributed by atoms with Crippen LogP contribution in [-0.4, -0.2) is 66.5 Å². The van der Waals surface area contributed by atoms with Gasteiger partial charge in [0, 0.05) is 31.5 Å². The second-order valence-electron chi connectivity index (χ2n) is 7.27. The van der Waals surface area contributed by atoms with Crippen molar-refractivity contribution in [2.24, 2.45) is 5.92 Å². The van der Waals surface area contributed by atoms with Crippen LogP contribution in [0.4, 0.5) is 0 Å². The number of carbonyl (C=O) groups is 1. The zero-order valence-corrected chi connectivity index (χ0v) is 14.8. The Kier molecular flexibility index (Phi) is 6.21. The lowest BCUT2D eigenvalue weighted by molar-refractivity contribution is -0.127. The molecule has 2 aliphatic heterocycles. The number of likely N-dealkylation sites (tertiary alicyclic amines) is 2. The third-order valence-electron chi connectivity index (χ3n) is 5.49. The molecule has 2 saturated heterocycles. The summed E-state index contributed by atoms with van der Waals surface area (Å²) < 4.78 is 0. The molecule has 1 amide bonds. The van der Waals surface area contributed by atoms with Crippen LogP contribution in [0.1, 0.15) is 31.2 Å². The first kappa shape index (κ1) is 17.4. The van der Waals surface area contributed by atoms with Crippen LogP contribution in [0.5, 0.6) is 0 Å². The third-order valence-corrected chi connectivity index (χ3v) is 5.49. The SMILES string of the molecule is CN1CCC(N2CCC[C@@H](C(=O)NCCc3ccncc3)C2)CC1. The fourth-order valence-electron chi connectivity index (χ4n) is 3.94. The molecule has 24 heavy (non-hydrogen) atoms. The summed E-state index contributed by atoms with van der Waals surface area (Å²) in [6.07, 6.45) is 9.15. The van der Waals surface area contributed by atoms with Crippen molar-refractivity contribution in [1.82, 2.24) is 20.1 Å². The highest BCUT2D eigenvalue weighted by Crippen LogP contribution is 2.23. The van der Waals surface area contributed by atoms with Gasteiger partial charge < -0.3 is 10.2 Å². The quantitative estimate of drug-likeness (QED) is 0.890. The van der Waals surface area contributed by atoms with Gasteiger partial charge in [-0.1, -0.05) is 0 Å². The van der Waals surface area contributed by atoms with E-state index in [0.29, 0.717) is 12.6 Å². The van der Waals surface area contributed by atoms with Crippen LogP contribution in [0.25, 0.3) is 0 Å². The van der Waals surface area contributed by atoms with Crippen molar-refractivity contribution >= 4 is 5.91 Å². The van der Waals surface area contributed by atoms with Gasteiger partial charge in [-0.15, -0.1) is 0 Å². The summed E-state index contributed by atoms with van der Waals surface area (Å²) in [6, 6.07) is 4.69. The highest BCUT2D eigenvalue weighted by Gasteiger charge is 2.30. The Balaban J connectivity index is 1.43. The van der Waals surface area contributed by atoms with Crippen molar-refractivity contribution in [3.63, 3.8) is 0 Å². The van der Waals surface area contributed by atoms with E-state index in [1.807, 2.05) is 12.1 Å². The van der Waals surface area contributed by atoms with E-state index in [4.69, 9.17) is 0 Å². The molecule has 2 fully saturated rings. The van der Waals surface area contributed by atoms with Gasteiger partial charge in [0.25, 0.3) is 0 Å². The first-order valence-corrected chi connectivity index (χ1v) is 9.31. The molecule has 5 heteroatoms. The molecule has 1 aromatic heterocycles. The van der Waals surface area contributed by atoms with Crippen molar-refractivity contribution in [2.75, 3.05) is 39.8 Å². The summed E-state index contributed by atoms with van der Waals surface area (Å²) in [4.78, 5) is 21.5. The number of hydrogen-bond donors (Lipinski definition) is 1. The van der Waals surface area contributed by atoms with E-state index >= 15 is 0 Å². The molecule has 3 heterocycles. The molecule has 0 saturated carbocycles. The van der Waals surface area contributed by atoms with Crippen LogP contribution in [0.15, 0.2) is 24.5 Å². The summed E-state index contributed by atoms with van der Waals surface area (Å²) in [6.45, 7) is 5.19. The van der Waals surface area contributed by atoms with Crippen LogP contribution in [0, 0.1) is 5.92 Å². The molecule has 1 N–H and O–H groups in total. The smallest absolute Gasteiger partial charge is 0.224 e. The first-order chi connectivity index (χ1) is 11.7. The van der Waals surface area contributed by atoms with Gasteiger partial charge >= 0.3 is 0 Å². The normalized spacial score (nSPS) is 24.0. The van der Waals surface area contributed by atoms with Gasteiger partial charge in [0.15, 0.2) is 0 Å². The summed E-state index contributed by atoms with van der Waals surface area (Å²) in [5, 5.41) is 3.14. The Hall–Kier alpha value is -1.46. The molecule has 0 spiro atoms. The van der Waals surface area contributed by atoms with Crippen LogP contribution < -0.4 is 5.32 Å². The lowest BCUT2D eigenvalue weighted by Crippen LogP contribution is -2.50. The lowest BCUT2D eigenvalue weighted by Gasteiger charge is -2.41. The van der Waals surface area contributed by atoms with E-state index in [9.17, 15) is 4.79 Å². The molecule has 2 aliphatic rings. The van der Waals surface area contributed by atoms with Crippen LogP contribution in [0.2, 0.25) is 0 Å². The Labute approximate surface area is 145 Å². The zero-order chi connectivity index (χ0) is 16.8. The average Bonchev–Trinajstić information content (AvgIpc) is 2.63. The van der Waals surface area contributed by atoms with Crippen molar-refractivity contribution in [1.29, 1.82) is 0 Å². The number of amides is 1. The number of carbonyl (C=O) groups excluding carboxylic acids is 1. The molecule has 5 nitrogen and oxygen atoms in total. The van der Waals surface area contributed by atoms with E-state index in [1.165, 1.54) is 31.5 Å².